The summed E-state index contributed by atoms with van der Waals surface area (Å²) in [5.41, 5.74) is 1.58. The van der Waals surface area contributed by atoms with Gasteiger partial charge in [-0.05, 0) is 64.7 Å². The van der Waals surface area contributed by atoms with Crippen LogP contribution in [0, 0.1) is 0 Å². The van der Waals surface area contributed by atoms with Gasteiger partial charge in [0, 0.05) is 17.6 Å². The molecule has 5 nitrogen and oxygen atoms in total. The standard InChI is InChI=1S/C23H25BrN2O3/c1-29-18-12-10-17(11-13-18)16-21(23(28)26-14-6-2-3-7-15-26)25-22(27)19-8-4-5-9-20(19)24/h4-5,8-13,16H,2-3,6-7,14-15H2,1H3,(H,25,27)/b21-16-. The van der Waals surface area contributed by atoms with Crippen molar-refractivity contribution in [2.75, 3.05) is 20.2 Å². The quantitative estimate of drug-likeness (QED) is 0.667. The molecule has 0 aromatic heterocycles. The van der Waals surface area contributed by atoms with Gasteiger partial charge in [-0.1, -0.05) is 37.1 Å². The van der Waals surface area contributed by atoms with E-state index in [4.69, 9.17) is 4.74 Å². The molecule has 1 saturated heterocycles. The summed E-state index contributed by atoms with van der Waals surface area (Å²) < 4.78 is 5.88. The largest absolute Gasteiger partial charge is 0.497 e. The highest BCUT2D eigenvalue weighted by molar-refractivity contribution is 9.10. The van der Waals surface area contributed by atoms with E-state index < -0.39 is 0 Å². The Hall–Kier alpha value is -2.60. The Balaban J connectivity index is 1.89. The van der Waals surface area contributed by atoms with Crippen LogP contribution < -0.4 is 10.1 Å². The van der Waals surface area contributed by atoms with Crippen LogP contribution in [0.4, 0.5) is 0 Å². The van der Waals surface area contributed by atoms with E-state index >= 15 is 0 Å². The van der Waals surface area contributed by atoms with E-state index in [1.54, 1.807) is 31.4 Å². The molecule has 2 aromatic rings. The molecule has 3 rings (SSSR count). The van der Waals surface area contributed by atoms with Crippen LogP contribution in [0.15, 0.2) is 58.7 Å². The molecule has 0 unspecified atom stereocenters. The van der Waals surface area contributed by atoms with Gasteiger partial charge < -0.3 is 15.0 Å². The first-order valence-corrected chi connectivity index (χ1v) is 10.6. The van der Waals surface area contributed by atoms with Crippen molar-refractivity contribution in [2.24, 2.45) is 0 Å². The lowest BCUT2D eigenvalue weighted by atomic mass is 10.1. The number of carbonyl (C=O) groups is 2. The number of carbonyl (C=O) groups excluding carboxylic acids is 2. The summed E-state index contributed by atoms with van der Waals surface area (Å²) in [6.45, 7) is 1.42. The monoisotopic (exact) mass is 456 g/mol. The smallest absolute Gasteiger partial charge is 0.270 e. The summed E-state index contributed by atoms with van der Waals surface area (Å²) in [6, 6.07) is 14.5. The topological polar surface area (TPSA) is 58.6 Å². The predicted molar refractivity (Wildman–Crippen MR) is 118 cm³/mol. The fourth-order valence-electron chi connectivity index (χ4n) is 3.30. The third-order valence-electron chi connectivity index (χ3n) is 4.92. The van der Waals surface area contributed by atoms with Gasteiger partial charge in [-0.3, -0.25) is 9.59 Å². The number of likely N-dealkylation sites (tertiary alicyclic amines) is 1. The summed E-state index contributed by atoms with van der Waals surface area (Å²) in [5, 5.41) is 2.84. The van der Waals surface area contributed by atoms with E-state index in [2.05, 4.69) is 21.2 Å². The molecule has 1 fully saturated rings. The highest BCUT2D eigenvalue weighted by atomic mass is 79.9. The minimum atomic E-state index is -0.319. The molecule has 0 radical (unpaired) electrons. The molecule has 152 valence electrons. The maximum absolute atomic E-state index is 13.2. The van der Waals surface area contributed by atoms with Gasteiger partial charge in [0.15, 0.2) is 0 Å². The van der Waals surface area contributed by atoms with Crippen LogP contribution in [0.5, 0.6) is 5.75 Å². The molecule has 2 amide bonds. The summed E-state index contributed by atoms with van der Waals surface area (Å²) in [6.07, 6.45) is 5.95. The molecular formula is C23H25BrN2O3. The van der Waals surface area contributed by atoms with Crippen LogP contribution in [0.2, 0.25) is 0 Å². The molecule has 0 aliphatic carbocycles. The second-order valence-corrected chi connectivity index (χ2v) is 7.83. The zero-order chi connectivity index (χ0) is 20.6. The van der Waals surface area contributed by atoms with Gasteiger partial charge in [-0.25, -0.2) is 0 Å². The molecule has 6 heteroatoms. The normalized spacial score (nSPS) is 14.8. The van der Waals surface area contributed by atoms with Crippen LogP contribution in [-0.2, 0) is 4.79 Å². The SMILES string of the molecule is COc1ccc(/C=C(\NC(=O)c2ccccc2Br)C(=O)N2CCCCCC2)cc1. The number of ether oxygens (including phenoxy) is 1. The van der Waals surface area contributed by atoms with Crippen LogP contribution >= 0.6 is 15.9 Å². The number of nitrogens with one attached hydrogen (secondary N) is 1. The van der Waals surface area contributed by atoms with Gasteiger partial charge in [-0.15, -0.1) is 0 Å². The van der Waals surface area contributed by atoms with Gasteiger partial charge in [0.1, 0.15) is 11.4 Å². The minimum Gasteiger partial charge on any atom is -0.497 e. The Morgan fingerprint density at radius 1 is 1.00 bits per heavy atom. The Morgan fingerprint density at radius 3 is 2.28 bits per heavy atom. The van der Waals surface area contributed by atoms with Crippen LogP contribution in [0.3, 0.4) is 0 Å². The molecule has 0 saturated carbocycles. The first kappa shape index (κ1) is 21.1. The van der Waals surface area contributed by atoms with Crippen molar-refractivity contribution in [3.8, 4) is 5.75 Å². The van der Waals surface area contributed by atoms with Crippen molar-refractivity contribution < 1.29 is 14.3 Å². The van der Waals surface area contributed by atoms with E-state index in [9.17, 15) is 9.59 Å². The zero-order valence-electron chi connectivity index (χ0n) is 16.5. The van der Waals surface area contributed by atoms with E-state index in [0.717, 1.165) is 37.0 Å². The summed E-state index contributed by atoms with van der Waals surface area (Å²) in [7, 11) is 1.61. The molecule has 0 spiro atoms. The fourth-order valence-corrected chi connectivity index (χ4v) is 3.76. The Kier molecular flexibility index (Phi) is 7.47. The third kappa shape index (κ3) is 5.70. The highest BCUT2D eigenvalue weighted by Gasteiger charge is 2.22. The molecule has 0 bridgehead atoms. The summed E-state index contributed by atoms with van der Waals surface area (Å²) >= 11 is 3.40. The van der Waals surface area contributed by atoms with Crippen molar-refractivity contribution in [3.05, 3.63) is 69.8 Å². The van der Waals surface area contributed by atoms with Gasteiger partial charge in [-0.2, -0.15) is 0 Å². The van der Waals surface area contributed by atoms with E-state index in [-0.39, 0.29) is 17.5 Å². The van der Waals surface area contributed by atoms with Gasteiger partial charge in [0.2, 0.25) is 0 Å². The minimum absolute atomic E-state index is 0.150. The maximum Gasteiger partial charge on any atom is 0.270 e. The molecule has 1 aliphatic heterocycles. The summed E-state index contributed by atoms with van der Waals surface area (Å²) in [5.74, 6) is 0.267. The van der Waals surface area contributed by atoms with Crippen molar-refractivity contribution >= 4 is 33.8 Å². The first-order chi connectivity index (χ1) is 14.1. The second kappa shape index (κ2) is 10.3. The van der Waals surface area contributed by atoms with Crippen molar-refractivity contribution in [2.45, 2.75) is 25.7 Å². The number of benzene rings is 2. The molecular weight excluding hydrogens is 432 g/mol. The molecule has 1 N–H and O–H groups in total. The highest BCUT2D eigenvalue weighted by Crippen LogP contribution is 2.19. The van der Waals surface area contributed by atoms with E-state index in [1.165, 1.54) is 0 Å². The Morgan fingerprint density at radius 2 is 1.66 bits per heavy atom. The second-order valence-electron chi connectivity index (χ2n) is 6.97. The average molecular weight is 457 g/mol. The number of hydrogen-bond donors (Lipinski definition) is 1. The summed E-state index contributed by atoms with van der Waals surface area (Å²) in [4.78, 5) is 27.9. The molecule has 1 heterocycles. The lowest BCUT2D eigenvalue weighted by Gasteiger charge is -2.22. The van der Waals surface area contributed by atoms with Crippen molar-refractivity contribution in [1.29, 1.82) is 0 Å². The van der Waals surface area contributed by atoms with Crippen LogP contribution in [0.1, 0.15) is 41.6 Å². The van der Waals surface area contributed by atoms with Gasteiger partial charge in [0.25, 0.3) is 11.8 Å². The molecule has 29 heavy (non-hydrogen) atoms. The first-order valence-electron chi connectivity index (χ1n) is 9.79. The van der Waals surface area contributed by atoms with Gasteiger partial charge in [0.05, 0.1) is 12.7 Å². The number of hydrogen-bond acceptors (Lipinski definition) is 3. The Bertz CT molecular complexity index is 885. The number of nitrogens with zero attached hydrogens (tertiary/aromatic N) is 1. The zero-order valence-corrected chi connectivity index (χ0v) is 18.1. The number of halogens is 1. The fraction of sp³-hybridized carbons (Fsp3) is 0.304. The lowest BCUT2D eigenvalue weighted by Crippen LogP contribution is -2.39. The van der Waals surface area contributed by atoms with Crippen molar-refractivity contribution in [1.82, 2.24) is 10.2 Å². The third-order valence-corrected chi connectivity index (χ3v) is 5.61. The van der Waals surface area contributed by atoms with Crippen LogP contribution in [-0.4, -0.2) is 36.9 Å². The Labute approximate surface area is 179 Å². The lowest BCUT2D eigenvalue weighted by molar-refractivity contribution is -0.127. The number of rotatable bonds is 5. The van der Waals surface area contributed by atoms with Crippen molar-refractivity contribution in [3.63, 3.8) is 0 Å². The van der Waals surface area contributed by atoms with Gasteiger partial charge >= 0.3 is 0 Å². The number of amides is 2. The molecule has 1 aliphatic rings. The van der Waals surface area contributed by atoms with Crippen LogP contribution in [0.25, 0.3) is 6.08 Å². The van der Waals surface area contributed by atoms with E-state index in [1.807, 2.05) is 35.2 Å². The predicted octanol–water partition coefficient (Wildman–Crippen LogP) is 4.63. The average Bonchev–Trinajstić information content (AvgIpc) is 3.03. The number of methoxy groups -OCH3 is 1. The molecule has 2 aromatic carbocycles. The van der Waals surface area contributed by atoms with E-state index in [0.29, 0.717) is 23.1 Å². The maximum atomic E-state index is 13.2. The molecule has 0 atom stereocenters.